The second kappa shape index (κ2) is 12.4. The molecule has 2 fully saturated rings. The van der Waals surface area contributed by atoms with E-state index in [0.717, 1.165) is 6.07 Å². The number of aliphatic hydroxyl groups is 6. The van der Waals surface area contributed by atoms with Crippen molar-refractivity contribution in [1.29, 1.82) is 0 Å². The molecule has 2 aromatic rings. The van der Waals surface area contributed by atoms with Gasteiger partial charge in [-0.05, 0) is 19.1 Å². The van der Waals surface area contributed by atoms with Gasteiger partial charge >= 0.3 is 0 Å². The summed E-state index contributed by atoms with van der Waals surface area (Å²) in [6, 6.07) is 6.75. The minimum absolute atomic E-state index is 0.0666. The number of hydrogen-bond donors (Lipinski definition) is 8. The number of phenols is 2. The molecule has 0 unspecified atom stereocenters. The molecule has 236 valence electrons. The Hall–Kier alpha value is -3.25. The zero-order valence-corrected chi connectivity index (χ0v) is 23.1. The van der Waals surface area contributed by atoms with Crippen molar-refractivity contribution >= 4 is 5.78 Å². The van der Waals surface area contributed by atoms with Crippen LogP contribution >= 0.6 is 0 Å². The van der Waals surface area contributed by atoms with Gasteiger partial charge in [0.05, 0.1) is 26.2 Å². The lowest BCUT2D eigenvalue weighted by Crippen LogP contribution is -2.64. The van der Waals surface area contributed by atoms with Crippen LogP contribution in [0.3, 0.4) is 0 Å². The van der Waals surface area contributed by atoms with Crippen LogP contribution in [0.15, 0.2) is 30.3 Å². The number of phenolic OH excluding ortho intramolecular Hbond substituents is 2. The number of methoxy groups -OCH3 is 1. The van der Waals surface area contributed by atoms with Crippen LogP contribution in [0.5, 0.6) is 28.7 Å². The van der Waals surface area contributed by atoms with Crippen molar-refractivity contribution in [2.45, 2.75) is 80.9 Å². The Morgan fingerprint density at radius 2 is 1.60 bits per heavy atom. The summed E-state index contributed by atoms with van der Waals surface area (Å²) in [5, 5.41) is 82.4. The average Bonchev–Trinajstić information content (AvgIpc) is 2.97. The number of fused-ring (bicyclic) bond motifs is 1. The smallest absolute Gasteiger partial charge is 0.229 e. The summed E-state index contributed by atoms with van der Waals surface area (Å²) in [7, 11) is 1.41. The van der Waals surface area contributed by atoms with E-state index in [1.54, 1.807) is 6.07 Å². The predicted molar refractivity (Wildman–Crippen MR) is 141 cm³/mol. The SMILES string of the molecule is COc1cc(O)cc([C@@H]2CC(=O)c3c(O)cc(O[C@H]4O[C@@H](CO)[C@H](O)[C@@H](O)[C@@H]4O[C@@H]4O[C@H](C)[C@H](O)[C@@H](O)[C@@H]4O)cc3O2)c1. The first-order chi connectivity index (χ1) is 20.4. The fraction of sp³-hybridized carbons (Fsp3) is 0.536. The maximum atomic E-state index is 13.0. The maximum absolute atomic E-state index is 13.0. The lowest BCUT2D eigenvalue weighted by atomic mass is 9.95. The largest absolute Gasteiger partial charge is 0.508 e. The zero-order valence-electron chi connectivity index (χ0n) is 23.1. The summed E-state index contributed by atoms with van der Waals surface area (Å²) in [4.78, 5) is 13.0. The normalized spacial score (nSPS) is 36.0. The van der Waals surface area contributed by atoms with Gasteiger partial charge in [-0.2, -0.15) is 0 Å². The molecule has 0 aliphatic carbocycles. The minimum atomic E-state index is -1.76. The topological polar surface area (TPSA) is 234 Å². The van der Waals surface area contributed by atoms with Crippen molar-refractivity contribution in [3.05, 3.63) is 41.5 Å². The van der Waals surface area contributed by atoms with Crippen molar-refractivity contribution in [3.63, 3.8) is 0 Å². The van der Waals surface area contributed by atoms with Gasteiger partial charge in [-0.1, -0.05) is 0 Å². The van der Waals surface area contributed by atoms with E-state index in [1.165, 1.54) is 32.2 Å². The number of aromatic hydroxyl groups is 2. The van der Waals surface area contributed by atoms with Gasteiger partial charge < -0.3 is 69.3 Å². The van der Waals surface area contributed by atoms with E-state index < -0.39 is 85.7 Å². The molecular weight excluding hydrogens is 576 g/mol. The highest BCUT2D eigenvalue weighted by molar-refractivity contribution is 6.02. The Balaban J connectivity index is 1.42. The number of hydrogen-bond acceptors (Lipinski definition) is 15. The molecule has 5 rings (SSSR count). The molecule has 0 amide bonds. The van der Waals surface area contributed by atoms with Gasteiger partial charge in [0.15, 0.2) is 18.2 Å². The van der Waals surface area contributed by atoms with E-state index in [-0.39, 0.29) is 29.2 Å². The molecule has 15 nitrogen and oxygen atoms in total. The molecule has 2 saturated heterocycles. The quantitative estimate of drug-likeness (QED) is 0.185. The molecule has 0 spiro atoms. The highest BCUT2D eigenvalue weighted by Gasteiger charge is 2.51. The number of benzene rings is 2. The van der Waals surface area contributed by atoms with Crippen LogP contribution < -0.4 is 14.2 Å². The molecule has 15 heteroatoms. The standard InChI is InChI=1S/C28H34O15/c1-10-21(33)23(35)25(37)27(39-10)43-26-24(36)22(34)19(9-29)42-28(26)40-14-6-15(31)20-16(32)8-17(41-18(20)7-14)11-3-12(30)5-13(4-11)38-2/h3-7,10,17,19,21-31,33-37H,8-9H2,1-2H3/t10-,17+,19+,21+,22+,23-,24-,25+,26+,27+,28+/m1/s1. The monoisotopic (exact) mass is 610 g/mol. The van der Waals surface area contributed by atoms with Gasteiger partial charge in [0, 0.05) is 23.8 Å². The summed E-state index contributed by atoms with van der Waals surface area (Å²) in [5.74, 6) is -0.924. The number of ketones is 1. The number of carbonyl (C=O) groups excluding carboxylic acids is 1. The van der Waals surface area contributed by atoms with Crippen LogP contribution in [0.2, 0.25) is 0 Å². The molecule has 3 heterocycles. The van der Waals surface area contributed by atoms with Gasteiger partial charge in [0.2, 0.25) is 6.29 Å². The average molecular weight is 611 g/mol. The molecule has 11 atom stereocenters. The van der Waals surface area contributed by atoms with Gasteiger partial charge in [0.1, 0.15) is 77.0 Å². The first-order valence-electron chi connectivity index (χ1n) is 13.5. The molecule has 2 aromatic carbocycles. The molecule has 3 aliphatic rings. The third kappa shape index (κ3) is 6.08. The molecule has 43 heavy (non-hydrogen) atoms. The van der Waals surface area contributed by atoms with Crippen molar-refractivity contribution in [3.8, 4) is 28.7 Å². The van der Waals surface area contributed by atoms with Crippen LogP contribution in [-0.4, -0.2) is 122 Å². The second-order valence-corrected chi connectivity index (χ2v) is 10.6. The van der Waals surface area contributed by atoms with Crippen LogP contribution in [0.4, 0.5) is 0 Å². The Bertz CT molecular complexity index is 1320. The number of carbonyl (C=O) groups is 1. The molecule has 0 saturated carbocycles. The molecule has 0 radical (unpaired) electrons. The van der Waals surface area contributed by atoms with Crippen molar-refractivity contribution in [2.24, 2.45) is 0 Å². The number of rotatable bonds is 7. The molecule has 0 aromatic heterocycles. The van der Waals surface area contributed by atoms with Crippen molar-refractivity contribution < 1.29 is 74.1 Å². The van der Waals surface area contributed by atoms with Gasteiger partial charge in [-0.15, -0.1) is 0 Å². The van der Waals surface area contributed by atoms with E-state index in [2.05, 4.69) is 0 Å². The number of Topliss-reactive ketones (excluding diaryl/α,β-unsaturated/α-hetero) is 1. The van der Waals surface area contributed by atoms with Gasteiger partial charge in [0.25, 0.3) is 0 Å². The second-order valence-electron chi connectivity index (χ2n) is 10.6. The van der Waals surface area contributed by atoms with E-state index in [9.17, 15) is 45.6 Å². The molecule has 3 aliphatic heterocycles. The first kappa shape index (κ1) is 31.2. The van der Waals surface area contributed by atoms with Crippen LogP contribution in [0, 0.1) is 0 Å². The van der Waals surface area contributed by atoms with E-state index >= 15 is 0 Å². The van der Waals surface area contributed by atoms with Crippen molar-refractivity contribution in [1.82, 2.24) is 0 Å². The van der Waals surface area contributed by atoms with Crippen molar-refractivity contribution in [2.75, 3.05) is 13.7 Å². The third-order valence-electron chi connectivity index (χ3n) is 7.67. The minimum Gasteiger partial charge on any atom is -0.508 e. The Morgan fingerprint density at radius 1 is 0.860 bits per heavy atom. The molecule has 8 N–H and O–H groups in total. The fourth-order valence-corrected chi connectivity index (χ4v) is 5.29. The summed E-state index contributed by atoms with van der Waals surface area (Å²) >= 11 is 0. The lowest BCUT2D eigenvalue weighted by molar-refractivity contribution is -0.354. The van der Waals surface area contributed by atoms with E-state index in [0.29, 0.717) is 11.3 Å². The summed E-state index contributed by atoms with van der Waals surface area (Å²) < 4.78 is 33.8. The van der Waals surface area contributed by atoms with Gasteiger partial charge in [-0.3, -0.25) is 4.79 Å². The Labute approximate surface area is 245 Å². The Kier molecular flexibility index (Phi) is 8.99. The fourth-order valence-electron chi connectivity index (χ4n) is 5.29. The van der Waals surface area contributed by atoms with Crippen LogP contribution in [-0.2, 0) is 14.2 Å². The molecular formula is C28H34O15. The summed E-state index contributed by atoms with van der Waals surface area (Å²) in [6.07, 6.45) is -16.4. The number of aliphatic hydroxyl groups excluding tert-OH is 6. The van der Waals surface area contributed by atoms with Gasteiger partial charge in [-0.25, -0.2) is 0 Å². The van der Waals surface area contributed by atoms with E-state index in [1.807, 2.05) is 0 Å². The van der Waals surface area contributed by atoms with Crippen LogP contribution in [0.1, 0.15) is 35.4 Å². The lowest BCUT2D eigenvalue weighted by Gasteiger charge is -2.45. The Morgan fingerprint density at radius 3 is 2.30 bits per heavy atom. The zero-order chi connectivity index (χ0) is 31.2. The highest BCUT2D eigenvalue weighted by atomic mass is 16.8. The molecule has 0 bridgehead atoms. The maximum Gasteiger partial charge on any atom is 0.229 e. The number of ether oxygens (including phenoxy) is 6. The van der Waals surface area contributed by atoms with Crippen LogP contribution in [0.25, 0.3) is 0 Å². The first-order valence-corrected chi connectivity index (χ1v) is 13.5. The third-order valence-corrected chi connectivity index (χ3v) is 7.67. The predicted octanol–water partition coefficient (Wildman–Crippen LogP) is -1.16. The highest BCUT2D eigenvalue weighted by Crippen LogP contribution is 2.43. The van der Waals surface area contributed by atoms with E-state index in [4.69, 9.17) is 28.4 Å². The summed E-state index contributed by atoms with van der Waals surface area (Å²) in [6.45, 7) is 0.698. The summed E-state index contributed by atoms with van der Waals surface area (Å²) in [5.41, 5.74) is 0.318.